The van der Waals surface area contributed by atoms with Crippen molar-refractivity contribution in [3.8, 4) is 17.1 Å². The summed E-state index contributed by atoms with van der Waals surface area (Å²) in [5.74, 6) is 2.91. The Balaban J connectivity index is 1.46. The van der Waals surface area contributed by atoms with Gasteiger partial charge in [0.25, 0.3) is 0 Å². The van der Waals surface area contributed by atoms with Crippen molar-refractivity contribution in [3.63, 3.8) is 0 Å². The Hall–Kier alpha value is -3.15. The van der Waals surface area contributed by atoms with Crippen molar-refractivity contribution in [2.45, 2.75) is 59.0 Å². The van der Waals surface area contributed by atoms with Gasteiger partial charge < -0.3 is 14.2 Å². The van der Waals surface area contributed by atoms with E-state index in [4.69, 9.17) is 9.26 Å². The first-order chi connectivity index (χ1) is 15.4. The third kappa shape index (κ3) is 5.01. The molecule has 1 aromatic heterocycles. The lowest BCUT2D eigenvalue weighted by Gasteiger charge is -2.22. The van der Waals surface area contributed by atoms with Crippen molar-refractivity contribution >= 4 is 5.91 Å². The lowest BCUT2D eigenvalue weighted by atomic mass is 10.0. The van der Waals surface area contributed by atoms with Crippen LogP contribution in [0.1, 0.15) is 69.5 Å². The van der Waals surface area contributed by atoms with Crippen molar-refractivity contribution in [1.29, 1.82) is 0 Å². The first-order valence-electron chi connectivity index (χ1n) is 11.4. The molecule has 6 heteroatoms. The van der Waals surface area contributed by atoms with Crippen LogP contribution in [-0.2, 0) is 11.3 Å². The molecule has 2 heterocycles. The Labute approximate surface area is 189 Å². The van der Waals surface area contributed by atoms with E-state index in [2.05, 4.69) is 62.1 Å². The fraction of sp³-hybridized carbons (Fsp3) is 0.423. The number of carbonyl (C=O) groups is 1. The summed E-state index contributed by atoms with van der Waals surface area (Å²) in [7, 11) is 0. The summed E-state index contributed by atoms with van der Waals surface area (Å²) in [5.41, 5.74) is 3.25. The summed E-state index contributed by atoms with van der Waals surface area (Å²) < 4.78 is 11.3. The van der Waals surface area contributed by atoms with Gasteiger partial charge in [-0.05, 0) is 53.6 Å². The number of hydrogen-bond acceptors (Lipinski definition) is 5. The predicted octanol–water partition coefficient (Wildman–Crippen LogP) is 5.76. The van der Waals surface area contributed by atoms with Gasteiger partial charge in [0, 0.05) is 18.5 Å². The zero-order chi connectivity index (χ0) is 22.7. The summed E-state index contributed by atoms with van der Waals surface area (Å²) in [6.45, 7) is 9.81. The monoisotopic (exact) mass is 433 g/mol. The molecule has 0 spiro atoms. The highest BCUT2D eigenvalue weighted by atomic mass is 16.5. The molecule has 2 aromatic carbocycles. The van der Waals surface area contributed by atoms with E-state index in [1.165, 1.54) is 5.56 Å². The standard InChI is InChI=1S/C26H31N3O3/c1-17(2)16-31-22-11-9-21(10-12-22)25-27-26(32-28-25)23-13-14-24(30)29(23)15-19-5-7-20(8-6-19)18(3)4/h5-12,17-18,23H,13-16H2,1-4H3. The SMILES string of the molecule is CC(C)COc1ccc(-c2noc(C3CCC(=O)N3Cc3ccc(C(C)C)cc3)n2)cc1. The lowest BCUT2D eigenvalue weighted by Crippen LogP contribution is -2.27. The van der Waals surface area contributed by atoms with Crippen LogP contribution in [0.2, 0.25) is 0 Å². The van der Waals surface area contributed by atoms with Gasteiger partial charge in [-0.2, -0.15) is 4.98 Å². The highest BCUT2D eigenvalue weighted by Crippen LogP contribution is 2.34. The molecule has 1 aliphatic rings. The summed E-state index contributed by atoms with van der Waals surface area (Å²) in [6, 6.07) is 16.0. The summed E-state index contributed by atoms with van der Waals surface area (Å²) >= 11 is 0. The largest absolute Gasteiger partial charge is 0.493 e. The number of carbonyl (C=O) groups excluding carboxylic acids is 1. The van der Waals surface area contributed by atoms with E-state index in [0.29, 0.717) is 49.5 Å². The van der Waals surface area contributed by atoms with Crippen molar-refractivity contribution < 1.29 is 14.1 Å². The quantitative estimate of drug-likeness (QED) is 0.452. The molecule has 4 rings (SSSR count). The maximum atomic E-state index is 12.6. The average molecular weight is 434 g/mol. The fourth-order valence-corrected chi connectivity index (χ4v) is 3.84. The molecule has 1 saturated heterocycles. The van der Waals surface area contributed by atoms with Crippen LogP contribution in [0.3, 0.4) is 0 Å². The molecule has 1 aliphatic heterocycles. The molecule has 1 unspecified atom stereocenters. The van der Waals surface area contributed by atoms with Crippen molar-refractivity contribution in [2.24, 2.45) is 5.92 Å². The minimum atomic E-state index is -0.192. The Morgan fingerprint density at radius 1 is 1.06 bits per heavy atom. The molecule has 0 aliphatic carbocycles. The maximum absolute atomic E-state index is 12.6. The summed E-state index contributed by atoms with van der Waals surface area (Å²) in [5, 5.41) is 4.17. The van der Waals surface area contributed by atoms with Gasteiger partial charge in [0.15, 0.2) is 0 Å². The molecule has 6 nitrogen and oxygen atoms in total. The molecule has 1 fully saturated rings. The second kappa shape index (κ2) is 9.55. The Morgan fingerprint density at radius 2 is 1.78 bits per heavy atom. The van der Waals surface area contributed by atoms with Gasteiger partial charge in [0.1, 0.15) is 11.8 Å². The van der Waals surface area contributed by atoms with Crippen molar-refractivity contribution in [2.75, 3.05) is 6.61 Å². The molecule has 3 aromatic rings. The molecule has 0 saturated carbocycles. The predicted molar refractivity (Wildman–Crippen MR) is 123 cm³/mol. The molecule has 32 heavy (non-hydrogen) atoms. The number of amides is 1. The lowest BCUT2D eigenvalue weighted by molar-refractivity contribution is -0.129. The second-order valence-corrected chi connectivity index (χ2v) is 9.16. The summed E-state index contributed by atoms with van der Waals surface area (Å²) in [6.07, 6.45) is 1.18. The van der Waals surface area contributed by atoms with Crippen LogP contribution in [0.5, 0.6) is 5.75 Å². The number of rotatable bonds is 8. The number of aromatic nitrogens is 2. The number of ether oxygens (including phenoxy) is 1. The maximum Gasteiger partial charge on any atom is 0.249 e. The van der Waals surface area contributed by atoms with Gasteiger partial charge in [0.05, 0.1) is 6.61 Å². The molecule has 168 valence electrons. The fourth-order valence-electron chi connectivity index (χ4n) is 3.84. The van der Waals surface area contributed by atoms with Gasteiger partial charge in [-0.1, -0.05) is 57.1 Å². The molecular formula is C26H31N3O3. The molecule has 0 bridgehead atoms. The van der Waals surface area contributed by atoms with Crippen molar-refractivity contribution in [3.05, 3.63) is 65.5 Å². The number of benzene rings is 2. The highest BCUT2D eigenvalue weighted by Gasteiger charge is 2.36. The number of likely N-dealkylation sites (tertiary alicyclic amines) is 1. The zero-order valence-corrected chi connectivity index (χ0v) is 19.2. The van der Waals surface area contributed by atoms with Gasteiger partial charge in [-0.25, -0.2) is 0 Å². The van der Waals surface area contributed by atoms with Crippen LogP contribution in [0, 0.1) is 5.92 Å². The molecular weight excluding hydrogens is 402 g/mol. The van der Waals surface area contributed by atoms with Crippen LogP contribution in [0.4, 0.5) is 0 Å². The molecule has 1 amide bonds. The van der Waals surface area contributed by atoms with E-state index in [9.17, 15) is 4.79 Å². The molecule has 0 N–H and O–H groups in total. The average Bonchev–Trinajstić information content (AvgIpc) is 3.40. The Kier molecular flexibility index (Phi) is 6.58. The van der Waals surface area contributed by atoms with Crippen LogP contribution < -0.4 is 4.74 Å². The third-order valence-corrected chi connectivity index (χ3v) is 5.75. The van der Waals surface area contributed by atoms with E-state index in [1.807, 2.05) is 29.2 Å². The van der Waals surface area contributed by atoms with Crippen LogP contribution in [0.25, 0.3) is 11.4 Å². The van der Waals surface area contributed by atoms with Crippen molar-refractivity contribution in [1.82, 2.24) is 15.0 Å². The number of nitrogens with zero attached hydrogens (tertiary/aromatic N) is 3. The number of hydrogen-bond donors (Lipinski definition) is 0. The molecule has 1 atom stereocenters. The smallest absolute Gasteiger partial charge is 0.249 e. The first kappa shape index (κ1) is 22.1. The zero-order valence-electron chi connectivity index (χ0n) is 19.2. The van der Waals surface area contributed by atoms with Crippen LogP contribution in [0.15, 0.2) is 53.1 Å². The van der Waals surface area contributed by atoms with Gasteiger partial charge in [0.2, 0.25) is 17.6 Å². The summed E-state index contributed by atoms with van der Waals surface area (Å²) in [4.78, 5) is 19.1. The van der Waals surface area contributed by atoms with Crippen LogP contribution >= 0.6 is 0 Å². The normalized spacial score (nSPS) is 16.4. The minimum Gasteiger partial charge on any atom is -0.493 e. The van der Waals surface area contributed by atoms with Gasteiger partial charge in [-0.15, -0.1) is 0 Å². The minimum absolute atomic E-state index is 0.120. The highest BCUT2D eigenvalue weighted by molar-refractivity contribution is 5.78. The Bertz CT molecular complexity index is 1040. The van der Waals surface area contributed by atoms with E-state index in [-0.39, 0.29) is 11.9 Å². The third-order valence-electron chi connectivity index (χ3n) is 5.75. The van der Waals surface area contributed by atoms with E-state index in [1.54, 1.807) is 0 Å². The van der Waals surface area contributed by atoms with E-state index < -0.39 is 0 Å². The van der Waals surface area contributed by atoms with Crippen LogP contribution in [-0.4, -0.2) is 27.6 Å². The second-order valence-electron chi connectivity index (χ2n) is 9.16. The van der Waals surface area contributed by atoms with E-state index >= 15 is 0 Å². The van der Waals surface area contributed by atoms with E-state index in [0.717, 1.165) is 16.9 Å². The topological polar surface area (TPSA) is 68.5 Å². The first-order valence-corrected chi connectivity index (χ1v) is 11.4. The molecule has 0 radical (unpaired) electrons. The Morgan fingerprint density at radius 3 is 2.44 bits per heavy atom. The van der Waals surface area contributed by atoms with Gasteiger partial charge >= 0.3 is 0 Å². The van der Waals surface area contributed by atoms with Gasteiger partial charge in [-0.3, -0.25) is 4.79 Å².